The van der Waals surface area contributed by atoms with Gasteiger partial charge in [0.25, 0.3) is 0 Å². The molecule has 0 heterocycles. The van der Waals surface area contributed by atoms with Gasteiger partial charge in [0, 0.05) is 19.3 Å². The molecule has 18 heteroatoms. The Kier molecular flexibility index (Phi) is 91.6. The van der Waals surface area contributed by atoms with Gasteiger partial charge in [-0.1, -0.05) is 409 Å². The summed E-state index contributed by atoms with van der Waals surface area (Å²) in [6, 6.07) is 0. The normalized spacial score (nSPS) is 14.5. The maximum absolute atomic E-state index is 13.1. The number of ether oxygens (including phenoxy) is 3. The molecule has 0 fully saturated rings. The number of phosphoric ester groups is 2. The van der Waals surface area contributed by atoms with E-state index < -0.39 is 91.5 Å². The van der Waals surface area contributed by atoms with Crippen molar-refractivity contribution in [2.45, 2.75) is 424 Å². The molecule has 0 aliphatic carbocycles. The number of allylic oxidation sites excluding steroid dienone is 30. The lowest BCUT2D eigenvalue weighted by Crippen LogP contribution is -2.30. The summed E-state index contributed by atoms with van der Waals surface area (Å²) in [6.45, 7) is 2.46. The number of unbranched alkanes of at least 4 members (excludes halogenated alkanes) is 39. The molecule has 123 heavy (non-hydrogen) atoms. The standard InChI is InChI=1S/C105H178O16P2/c1-4-7-10-13-16-19-22-25-28-31-34-37-40-42-44-46-47-48-49-50-51-53-55-56-59-61-64-67-70-73-76-79-82-85-88-91-103(108)115-94-100(106)95-117-122(111,112)118-96-101(107)97-119-123(113,114)120-99-102(121-105(110)93-90-87-84-81-78-75-72-69-66-63-58-39-36-33-30-27-24-21-18-15-12-9-6-3)98-116-104(109)92-89-86-83-80-77-74-71-68-65-62-60-57-54-52-45-43-41-38-35-32-29-26-23-20-17-14-11-8-5-2/h8-9,11-12,16-21,25-30,34-39,42-45,54,57,63,66,100-102,106-107H,4-7,10,13-15,22-24,31-33,40-41,46-53,55-56,58-62,64-65,67-99H2,1-3H3,(H,111,112)(H,113,114)/b11-8-,12-9-,19-16-,20-17-,21-18-,28-25-,29-26-,30-27-,37-34-,38-35-,39-36-,44-42-,45-43-,57-54-,66-63-. The van der Waals surface area contributed by atoms with Crippen molar-refractivity contribution in [1.29, 1.82) is 0 Å². The Morgan fingerprint density at radius 2 is 0.431 bits per heavy atom. The van der Waals surface area contributed by atoms with Crippen molar-refractivity contribution in [3.63, 3.8) is 0 Å². The van der Waals surface area contributed by atoms with E-state index in [1.54, 1.807) is 0 Å². The van der Waals surface area contributed by atoms with E-state index in [2.05, 4.69) is 203 Å². The fraction of sp³-hybridized carbons (Fsp3) is 0.686. The van der Waals surface area contributed by atoms with Crippen molar-refractivity contribution >= 4 is 33.6 Å². The second kappa shape index (κ2) is 95.7. The average molecular weight is 1760 g/mol. The summed E-state index contributed by atoms with van der Waals surface area (Å²) < 4.78 is 61.6. The topological polar surface area (TPSA) is 231 Å². The first-order chi connectivity index (χ1) is 60.2. The van der Waals surface area contributed by atoms with Crippen LogP contribution in [0.5, 0.6) is 0 Å². The fourth-order valence-corrected chi connectivity index (χ4v) is 14.8. The van der Waals surface area contributed by atoms with Gasteiger partial charge in [-0.25, -0.2) is 9.13 Å². The third-order valence-electron chi connectivity index (χ3n) is 20.6. The van der Waals surface area contributed by atoms with Gasteiger partial charge in [0.15, 0.2) is 6.10 Å². The van der Waals surface area contributed by atoms with Gasteiger partial charge in [-0.15, -0.1) is 0 Å². The summed E-state index contributed by atoms with van der Waals surface area (Å²) in [5.74, 6) is -1.59. The van der Waals surface area contributed by atoms with Crippen molar-refractivity contribution < 1.29 is 75.8 Å². The monoisotopic (exact) mass is 1760 g/mol. The molecule has 0 amide bonds. The van der Waals surface area contributed by atoms with Gasteiger partial charge in [-0.2, -0.15) is 0 Å². The Morgan fingerprint density at radius 1 is 0.236 bits per heavy atom. The number of carbonyl (C=O) groups is 3. The summed E-state index contributed by atoms with van der Waals surface area (Å²) in [5, 5.41) is 20.8. The molecule has 0 radical (unpaired) electrons. The quantitative estimate of drug-likeness (QED) is 0.0146. The molecule has 4 N–H and O–H groups in total. The van der Waals surface area contributed by atoms with Crippen LogP contribution >= 0.6 is 15.6 Å². The number of hydrogen-bond donors (Lipinski definition) is 4. The first-order valence-corrected chi connectivity index (χ1v) is 52.1. The third-order valence-corrected chi connectivity index (χ3v) is 22.5. The third kappa shape index (κ3) is 97.1. The molecule has 0 saturated carbocycles. The van der Waals surface area contributed by atoms with Gasteiger partial charge in [-0.05, 0) is 161 Å². The second-order valence-corrected chi connectivity index (χ2v) is 35.4. The Morgan fingerprint density at radius 3 is 0.683 bits per heavy atom. The number of carbonyl (C=O) groups excluding carboxylic acids is 3. The van der Waals surface area contributed by atoms with Gasteiger partial charge in [0.1, 0.15) is 25.4 Å². The van der Waals surface area contributed by atoms with Crippen LogP contribution in [0.1, 0.15) is 406 Å². The smallest absolute Gasteiger partial charge is 0.463 e. The molecule has 0 bridgehead atoms. The molecule has 0 rings (SSSR count). The zero-order chi connectivity index (χ0) is 89.3. The minimum Gasteiger partial charge on any atom is -0.463 e. The number of rotatable bonds is 92. The maximum Gasteiger partial charge on any atom is 0.472 e. The van der Waals surface area contributed by atoms with Crippen molar-refractivity contribution in [2.24, 2.45) is 0 Å². The van der Waals surface area contributed by atoms with Crippen LogP contribution in [0.2, 0.25) is 0 Å². The van der Waals surface area contributed by atoms with E-state index in [0.29, 0.717) is 19.3 Å². The SMILES string of the molecule is CC/C=C\C/C=C\C/C=C\C/C=C\C/C=C\C/C=C\CCCCCCCCCCCCC(=O)OCC(COP(=O)(O)OCC(O)COP(=O)(O)OCC(O)COC(=O)CCCCCCCCCCCCCCCCCCCCC/C=C\C/C=C\C/C=C\C/C=C\CCCCC)OC(=O)CCCCCCCCC/C=C\C/C=C\C/C=C\C/C=C\C/C=C\CC. The highest BCUT2D eigenvalue weighted by molar-refractivity contribution is 7.47. The van der Waals surface area contributed by atoms with Crippen LogP contribution in [-0.2, 0) is 55.8 Å². The second-order valence-electron chi connectivity index (χ2n) is 32.5. The van der Waals surface area contributed by atoms with E-state index in [9.17, 15) is 43.5 Å². The van der Waals surface area contributed by atoms with Gasteiger partial charge in [0.2, 0.25) is 0 Å². The van der Waals surface area contributed by atoms with Crippen LogP contribution < -0.4 is 0 Å². The van der Waals surface area contributed by atoms with Gasteiger partial charge < -0.3 is 34.2 Å². The predicted molar refractivity (Wildman–Crippen MR) is 518 cm³/mol. The Labute approximate surface area is 751 Å². The first kappa shape index (κ1) is 118. The first-order valence-electron chi connectivity index (χ1n) is 49.1. The van der Waals surface area contributed by atoms with E-state index in [0.717, 1.165) is 186 Å². The molecule has 0 aromatic rings. The molecule has 0 aliphatic heterocycles. The summed E-state index contributed by atoms with van der Waals surface area (Å²) in [5.41, 5.74) is 0. The van der Waals surface area contributed by atoms with Gasteiger partial charge in [0.05, 0.1) is 26.4 Å². The number of hydrogen-bond acceptors (Lipinski definition) is 14. The number of aliphatic hydroxyl groups excluding tert-OH is 2. The summed E-state index contributed by atoms with van der Waals surface area (Å²) in [7, 11) is -9.82. The Balaban J connectivity index is 4.57. The molecule has 16 nitrogen and oxygen atoms in total. The minimum atomic E-state index is -4.95. The van der Waals surface area contributed by atoms with Gasteiger partial charge in [-0.3, -0.25) is 32.5 Å². The molecule has 0 aliphatic rings. The summed E-state index contributed by atoms with van der Waals surface area (Å²) >= 11 is 0. The molecule has 0 spiro atoms. The zero-order valence-corrected chi connectivity index (χ0v) is 79.6. The molecule has 5 unspecified atom stereocenters. The van der Waals surface area contributed by atoms with Crippen molar-refractivity contribution in [3.8, 4) is 0 Å². The van der Waals surface area contributed by atoms with Crippen LogP contribution in [0.4, 0.5) is 0 Å². The van der Waals surface area contributed by atoms with Crippen molar-refractivity contribution in [2.75, 3.05) is 39.6 Å². The fourth-order valence-electron chi connectivity index (χ4n) is 13.2. The molecular formula is C105H178O16P2. The Hall–Kier alpha value is -5.35. The van der Waals surface area contributed by atoms with Crippen molar-refractivity contribution in [1.82, 2.24) is 0 Å². The number of esters is 3. The van der Waals surface area contributed by atoms with Crippen LogP contribution in [-0.4, -0.2) is 95.9 Å². The summed E-state index contributed by atoms with van der Waals surface area (Å²) in [6.07, 6.45) is 127. The molecule has 704 valence electrons. The van der Waals surface area contributed by atoms with Crippen LogP contribution in [0.15, 0.2) is 182 Å². The van der Waals surface area contributed by atoms with E-state index in [4.69, 9.17) is 32.3 Å². The zero-order valence-electron chi connectivity index (χ0n) is 77.8. The lowest BCUT2D eigenvalue weighted by atomic mass is 10.0. The largest absolute Gasteiger partial charge is 0.472 e. The van der Waals surface area contributed by atoms with E-state index in [-0.39, 0.29) is 19.3 Å². The molecule has 0 aromatic heterocycles. The molecule has 0 aromatic carbocycles. The van der Waals surface area contributed by atoms with Crippen molar-refractivity contribution in [3.05, 3.63) is 182 Å². The summed E-state index contributed by atoms with van der Waals surface area (Å²) in [4.78, 5) is 59.1. The lowest BCUT2D eigenvalue weighted by molar-refractivity contribution is -0.161. The lowest BCUT2D eigenvalue weighted by Gasteiger charge is -2.21. The van der Waals surface area contributed by atoms with Crippen LogP contribution in [0.3, 0.4) is 0 Å². The van der Waals surface area contributed by atoms with E-state index >= 15 is 0 Å². The molecule has 0 saturated heterocycles. The predicted octanol–water partition coefficient (Wildman–Crippen LogP) is 30.8. The van der Waals surface area contributed by atoms with E-state index in [1.807, 2.05) is 0 Å². The highest BCUT2D eigenvalue weighted by Crippen LogP contribution is 2.45. The number of phosphoric acid groups is 2. The Bertz CT molecular complexity index is 2970. The highest BCUT2D eigenvalue weighted by atomic mass is 31.2. The van der Waals surface area contributed by atoms with Crippen LogP contribution in [0.25, 0.3) is 0 Å². The molecule has 5 atom stereocenters. The minimum absolute atomic E-state index is 0.0851. The molecular weight excluding hydrogens is 1580 g/mol. The average Bonchev–Trinajstić information content (AvgIpc) is 0.898. The number of aliphatic hydroxyl groups is 2. The maximum atomic E-state index is 13.1. The van der Waals surface area contributed by atoms with E-state index in [1.165, 1.54) is 161 Å². The highest BCUT2D eigenvalue weighted by Gasteiger charge is 2.30. The van der Waals surface area contributed by atoms with Crippen LogP contribution in [0, 0.1) is 0 Å². The van der Waals surface area contributed by atoms with Gasteiger partial charge >= 0.3 is 33.6 Å².